The first-order chi connectivity index (χ1) is 13.1. The Labute approximate surface area is 163 Å². The molecule has 0 spiro atoms. The van der Waals surface area contributed by atoms with Gasteiger partial charge in [0.2, 0.25) is 11.8 Å². The lowest BCUT2D eigenvalue weighted by Gasteiger charge is -2.24. The van der Waals surface area contributed by atoms with Gasteiger partial charge >= 0.3 is 0 Å². The number of amides is 2. The van der Waals surface area contributed by atoms with E-state index >= 15 is 0 Å². The minimum absolute atomic E-state index is 0.0282. The van der Waals surface area contributed by atoms with Crippen LogP contribution in [0.2, 0.25) is 5.02 Å². The minimum atomic E-state index is -0.223. The van der Waals surface area contributed by atoms with Crippen molar-refractivity contribution < 1.29 is 9.59 Å². The SMILES string of the molecule is O=C(CN1C(=O)[C@H]2CCCC2=Nc2ccccc21)NCc1ccccc1Cl. The number of rotatable bonds is 4. The van der Waals surface area contributed by atoms with Crippen LogP contribution in [-0.2, 0) is 16.1 Å². The zero-order valence-corrected chi connectivity index (χ0v) is 15.6. The number of hydrogen-bond donors (Lipinski definition) is 1. The Balaban J connectivity index is 1.53. The summed E-state index contributed by atoms with van der Waals surface area (Å²) in [6.45, 7) is 0.299. The van der Waals surface area contributed by atoms with Crippen LogP contribution in [-0.4, -0.2) is 24.1 Å². The first kappa shape index (κ1) is 17.7. The standard InChI is InChI=1S/C21H20ClN3O2/c22-16-8-2-1-6-14(16)12-23-20(26)13-25-19-11-4-3-9-18(19)24-17-10-5-7-15(17)21(25)27/h1-4,6,8-9,11,15H,5,7,10,12-13H2,(H,23,26)/t15-/m0/s1. The van der Waals surface area contributed by atoms with E-state index in [0.717, 1.165) is 36.2 Å². The van der Waals surface area contributed by atoms with E-state index in [0.29, 0.717) is 17.3 Å². The van der Waals surface area contributed by atoms with Crippen LogP contribution in [0, 0.1) is 5.92 Å². The lowest BCUT2D eigenvalue weighted by molar-refractivity contribution is -0.124. The van der Waals surface area contributed by atoms with Gasteiger partial charge in [-0.05, 0) is 43.0 Å². The molecule has 2 aliphatic rings. The van der Waals surface area contributed by atoms with Crippen molar-refractivity contribution in [3.05, 3.63) is 59.1 Å². The number of carbonyl (C=O) groups is 2. The van der Waals surface area contributed by atoms with Crippen molar-refractivity contribution in [2.45, 2.75) is 25.8 Å². The average molecular weight is 382 g/mol. The highest BCUT2D eigenvalue weighted by molar-refractivity contribution is 6.31. The molecule has 0 bridgehead atoms. The van der Waals surface area contributed by atoms with Gasteiger partial charge in [-0.15, -0.1) is 0 Å². The van der Waals surface area contributed by atoms with E-state index in [1.54, 1.807) is 11.0 Å². The van der Waals surface area contributed by atoms with E-state index in [4.69, 9.17) is 16.6 Å². The number of nitrogens with zero attached hydrogens (tertiary/aromatic N) is 2. The molecule has 6 heteroatoms. The zero-order chi connectivity index (χ0) is 18.8. The summed E-state index contributed by atoms with van der Waals surface area (Å²) < 4.78 is 0. The van der Waals surface area contributed by atoms with Crippen LogP contribution in [0.1, 0.15) is 24.8 Å². The molecule has 27 heavy (non-hydrogen) atoms. The van der Waals surface area contributed by atoms with Gasteiger partial charge in [-0.2, -0.15) is 0 Å². The topological polar surface area (TPSA) is 61.8 Å². The molecule has 0 unspecified atom stereocenters. The summed E-state index contributed by atoms with van der Waals surface area (Å²) in [7, 11) is 0. The van der Waals surface area contributed by atoms with Gasteiger partial charge in [-0.25, -0.2) is 0 Å². The monoisotopic (exact) mass is 381 g/mol. The van der Waals surface area contributed by atoms with E-state index < -0.39 is 0 Å². The molecule has 2 amide bonds. The fourth-order valence-corrected chi connectivity index (χ4v) is 3.88. The summed E-state index contributed by atoms with van der Waals surface area (Å²) in [6, 6.07) is 14.9. The molecule has 1 aliphatic carbocycles. The lowest BCUT2D eigenvalue weighted by Crippen LogP contribution is -2.43. The average Bonchev–Trinajstić information content (AvgIpc) is 3.10. The predicted octanol–water partition coefficient (Wildman–Crippen LogP) is 3.88. The quantitative estimate of drug-likeness (QED) is 0.873. The Hall–Kier alpha value is -2.66. The van der Waals surface area contributed by atoms with Crippen molar-refractivity contribution in [1.82, 2.24) is 5.32 Å². The van der Waals surface area contributed by atoms with Crippen LogP contribution in [0.15, 0.2) is 53.5 Å². The molecule has 1 N–H and O–H groups in total. The second-order valence-corrected chi connectivity index (χ2v) is 7.24. The molecule has 1 aliphatic heterocycles. The molecule has 138 valence electrons. The zero-order valence-electron chi connectivity index (χ0n) is 14.8. The summed E-state index contributed by atoms with van der Waals surface area (Å²) in [5.74, 6) is -0.475. The predicted molar refractivity (Wildman–Crippen MR) is 107 cm³/mol. The summed E-state index contributed by atoms with van der Waals surface area (Å²) in [5, 5.41) is 3.47. The number of para-hydroxylation sites is 2. The van der Waals surface area contributed by atoms with Crippen molar-refractivity contribution in [2.75, 3.05) is 11.4 Å². The molecule has 0 aromatic heterocycles. The number of hydrogen-bond acceptors (Lipinski definition) is 3. The Bertz CT molecular complexity index is 925. The smallest absolute Gasteiger partial charge is 0.240 e. The van der Waals surface area contributed by atoms with E-state index in [1.807, 2.05) is 42.5 Å². The molecule has 1 fully saturated rings. The number of carbonyl (C=O) groups excluding carboxylic acids is 2. The van der Waals surface area contributed by atoms with Crippen molar-refractivity contribution in [3.8, 4) is 0 Å². The molecule has 2 aromatic rings. The normalized spacial score (nSPS) is 18.4. The van der Waals surface area contributed by atoms with Crippen LogP contribution in [0.5, 0.6) is 0 Å². The number of nitrogens with one attached hydrogen (secondary N) is 1. The Morgan fingerprint density at radius 2 is 1.96 bits per heavy atom. The molecule has 4 rings (SSSR count). The summed E-state index contributed by atoms with van der Waals surface area (Å²) in [4.78, 5) is 32.0. The van der Waals surface area contributed by atoms with Crippen LogP contribution in [0.4, 0.5) is 11.4 Å². The number of fused-ring (bicyclic) bond motifs is 2. The molecule has 0 radical (unpaired) electrons. The second kappa shape index (κ2) is 7.53. The van der Waals surface area contributed by atoms with Crippen molar-refractivity contribution in [2.24, 2.45) is 10.9 Å². The highest BCUT2D eigenvalue weighted by Gasteiger charge is 2.36. The lowest BCUT2D eigenvalue weighted by atomic mass is 10.1. The maximum atomic E-state index is 13.1. The maximum Gasteiger partial charge on any atom is 0.240 e. The Morgan fingerprint density at radius 1 is 1.19 bits per heavy atom. The van der Waals surface area contributed by atoms with Gasteiger partial charge in [0.1, 0.15) is 6.54 Å². The Kier molecular flexibility index (Phi) is 4.94. The summed E-state index contributed by atoms with van der Waals surface area (Å²) in [6.07, 6.45) is 2.60. The van der Waals surface area contributed by atoms with Crippen LogP contribution >= 0.6 is 11.6 Å². The fourth-order valence-electron chi connectivity index (χ4n) is 3.67. The van der Waals surface area contributed by atoms with E-state index in [9.17, 15) is 9.59 Å². The molecule has 1 heterocycles. The maximum absolute atomic E-state index is 13.1. The van der Waals surface area contributed by atoms with Crippen molar-refractivity contribution in [1.29, 1.82) is 0 Å². The van der Waals surface area contributed by atoms with Gasteiger partial charge < -0.3 is 10.2 Å². The molecule has 5 nitrogen and oxygen atoms in total. The third-order valence-electron chi connectivity index (χ3n) is 5.06. The third kappa shape index (κ3) is 3.60. The van der Waals surface area contributed by atoms with Gasteiger partial charge in [0.05, 0.1) is 17.3 Å². The fraction of sp³-hybridized carbons (Fsp3) is 0.286. The number of halogens is 1. The van der Waals surface area contributed by atoms with E-state index in [2.05, 4.69) is 5.32 Å². The van der Waals surface area contributed by atoms with Gasteiger partial charge in [-0.1, -0.05) is 41.9 Å². The molecule has 1 saturated carbocycles. The summed E-state index contributed by atoms with van der Waals surface area (Å²) >= 11 is 6.14. The number of benzene rings is 2. The van der Waals surface area contributed by atoms with Crippen LogP contribution < -0.4 is 10.2 Å². The van der Waals surface area contributed by atoms with E-state index in [-0.39, 0.29) is 24.3 Å². The van der Waals surface area contributed by atoms with Crippen molar-refractivity contribution in [3.63, 3.8) is 0 Å². The highest BCUT2D eigenvalue weighted by Crippen LogP contribution is 2.37. The molecule has 1 atom stereocenters. The van der Waals surface area contributed by atoms with Crippen LogP contribution in [0.25, 0.3) is 0 Å². The van der Waals surface area contributed by atoms with Gasteiger partial charge in [-0.3, -0.25) is 14.6 Å². The molecule has 0 saturated heterocycles. The number of anilines is 1. The largest absolute Gasteiger partial charge is 0.350 e. The van der Waals surface area contributed by atoms with Crippen LogP contribution in [0.3, 0.4) is 0 Å². The highest BCUT2D eigenvalue weighted by atomic mass is 35.5. The minimum Gasteiger partial charge on any atom is -0.350 e. The van der Waals surface area contributed by atoms with Gasteiger partial charge in [0.25, 0.3) is 0 Å². The molecule has 2 aromatic carbocycles. The first-order valence-corrected chi connectivity index (χ1v) is 9.49. The van der Waals surface area contributed by atoms with E-state index in [1.165, 1.54) is 0 Å². The molecular formula is C21H20ClN3O2. The van der Waals surface area contributed by atoms with Gasteiger partial charge in [0.15, 0.2) is 0 Å². The van der Waals surface area contributed by atoms with Gasteiger partial charge in [0, 0.05) is 17.3 Å². The van der Waals surface area contributed by atoms with Crippen molar-refractivity contribution >= 4 is 40.5 Å². The second-order valence-electron chi connectivity index (χ2n) is 6.83. The third-order valence-corrected chi connectivity index (χ3v) is 5.43. The first-order valence-electron chi connectivity index (χ1n) is 9.11. The Morgan fingerprint density at radius 3 is 2.81 bits per heavy atom. The number of aliphatic imine (C=N–C) groups is 1. The summed E-state index contributed by atoms with van der Waals surface area (Å²) in [5.41, 5.74) is 3.23. The molecular weight excluding hydrogens is 362 g/mol.